The van der Waals surface area contributed by atoms with Gasteiger partial charge in [-0.2, -0.15) is 0 Å². The number of carbonyl (C=O) groups is 1. The highest BCUT2D eigenvalue weighted by Gasteiger charge is 2.32. The van der Waals surface area contributed by atoms with Gasteiger partial charge in [0.05, 0.1) is 6.54 Å². The zero-order valence-electron chi connectivity index (χ0n) is 7.88. The lowest BCUT2D eigenvalue weighted by molar-refractivity contribution is 0.111. The molecule has 0 aromatic carbocycles. The fraction of sp³-hybridized carbons (Fsp3) is 0.375. The average Bonchev–Trinajstić information content (AvgIpc) is 2.45. The van der Waals surface area contributed by atoms with Crippen molar-refractivity contribution in [1.82, 2.24) is 15.0 Å². The van der Waals surface area contributed by atoms with Gasteiger partial charge in [-0.05, 0) is 6.92 Å². The van der Waals surface area contributed by atoms with Gasteiger partial charge in [0.15, 0.2) is 12.0 Å². The summed E-state index contributed by atoms with van der Waals surface area (Å²) in [4.78, 5) is 10.7. The van der Waals surface area contributed by atoms with Gasteiger partial charge in [-0.15, -0.1) is 5.10 Å². The van der Waals surface area contributed by atoms with E-state index in [4.69, 9.17) is 34.8 Å². The molecule has 0 unspecified atom stereocenters. The van der Waals surface area contributed by atoms with Gasteiger partial charge >= 0.3 is 0 Å². The van der Waals surface area contributed by atoms with Gasteiger partial charge in [-0.3, -0.25) is 4.79 Å². The topological polar surface area (TPSA) is 47.8 Å². The molecule has 82 valence electrons. The summed E-state index contributed by atoms with van der Waals surface area (Å²) in [6.07, 6.45) is 0.499. The highest BCUT2D eigenvalue weighted by molar-refractivity contribution is 6.66. The van der Waals surface area contributed by atoms with Crippen LogP contribution in [0.15, 0.2) is 12.2 Å². The molecular formula is C8H8Cl3N3O. The number of aromatic nitrogens is 3. The third-order valence-electron chi connectivity index (χ3n) is 1.56. The zero-order chi connectivity index (χ0) is 11.6. The van der Waals surface area contributed by atoms with Crippen molar-refractivity contribution in [2.45, 2.75) is 17.3 Å². The van der Waals surface area contributed by atoms with Crippen LogP contribution in [-0.2, 0) is 10.3 Å². The van der Waals surface area contributed by atoms with Gasteiger partial charge in [0, 0.05) is 0 Å². The lowest BCUT2D eigenvalue weighted by Gasteiger charge is -2.13. The summed E-state index contributed by atoms with van der Waals surface area (Å²) in [6.45, 7) is 5.85. The average molecular weight is 269 g/mol. The quantitative estimate of drug-likeness (QED) is 0.481. The van der Waals surface area contributed by atoms with Crippen LogP contribution in [0.2, 0.25) is 0 Å². The van der Waals surface area contributed by atoms with E-state index in [1.165, 1.54) is 4.68 Å². The molecule has 0 aliphatic carbocycles. The smallest absolute Gasteiger partial charge is 0.234 e. The van der Waals surface area contributed by atoms with Crippen LogP contribution in [0.5, 0.6) is 0 Å². The first-order valence-corrected chi connectivity index (χ1v) is 5.10. The zero-order valence-corrected chi connectivity index (χ0v) is 10.1. The molecule has 0 aliphatic heterocycles. The second-order valence-corrected chi connectivity index (χ2v) is 5.33. The molecule has 0 fully saturated rings. The molecule has 0 bridgehead atoms. The molecule has 15 heavy (non-hydrogen) atoms. The van der Waals surface area contributed by atoms with Gasteiger partial charge in [0.2, 0.25) is 3.79 Å². The van der Waals surface area contributed by atoms with Crippen molar-refractivity contribution in [3.05, 3.63) is 23.5 Å². The number of allylic oxidation sites excluding steroid dienone is 1. The van der Waals surface area contributed by atoms with Gasteiger partial charge < -0.3 is 0 Å². The molecule has 1 rings (SSSR count). The Kier molecular flexibility index (Phi) is 3.76. The monoisotopic (exact) mass is 267 g/mol. The number of nitrogens with zero attached hydrogens (tertiary/aromatic N) is 3. The van der Waals surface area contributed by atoms with Crippen molar-refractivity contribution >= 4 is 41.1 Å². The van der Waals surface area contributed by atoms with Crippen molar-refractivity contribution in [2.75, 3.05) is 0 Å². The molecule has 1 aromatic rings. The summed E-state index contributed by atoms with van der Waals surface area (Å²) >= 11 is 17.1. The molecule has 0 N–H and O–H groups in total. The molecule has 1 aromatic heterocycles. The number of alkyl halides is 3. The van der Waals surface area contributed by atoms with E-state index >= 15 is 0 Å². The Hall–Kier alpha value is -0.580. The minimum atomic E-state index is -1.73. The predicted molar refractivity (Wildman–Crippen MR) is 59.5 cm³/mol. The van der Waals surface area contributed by atoms with E-state index in [0.717, 1.165) is 5.57 Å². The third kappa shape index (κ3) is 2.93. The largest absolute Gasteiger partial charge is 0.296 e. The van der Waals surface area contributed by atoms with Crippen molar-refractivity contribution in [2.24, 2.45) is 0 Å². The molecular weight excluding hydrogens is 260 g/mol. The summed E-state index contributed by atoms with van der Waals surface area (Å²) in [5.74, 6) is 0. The number of halogens is 3. The Morgan fingerprint density at radius 2 is 2.20 bits per heavy atom. The van der Waals surface area contributed by atoms with Crippen LogP contribution in [0.4, 0.5) is 0 Å². The van der Waals surface area contributed by atoms with Crippen molar-refractivity contribution in [3.63, 3.8) is 0 Å². The highest BCUT2D eigenvalue weighted by atomic mass is 35.6. The van der Waals surface area contributed by atoms with E-state index in [-0.39, 0.29) is 11.4 Å². The summed E-state index contributed by atoms with van der Waals surface area (Å²) in [7, 11) is 0. The van der Waals surface area contributed by atoms with E-state index in [1.54, 1.807) is 6.92 Å². The maximum absolute atomic E-state index is 10.7. The maximum Gasteiger partial charge on any atom is 0.234 e. The first-order chi connectivity index (χ1) is 6.86. The fourth-order valence-corrected chi connectivity index (χ4v) is 1.65. The number of carbonyl (C=O) groups excluding carboxylic acids is 1. The lowest BCUT2D eigenvalue weighted by atomic mass is 10.3. The molecule has 0 aliphatic rings. The molecule has 0 spiro atoms. The predicted octanol–water partition coefficient (Wildman–Crippen LogP) is 2.49. The minimum absolute atomic E-state index is 0.0243. The fourth-order valence-electron chi connectivity index (χ4n) is 1.06. The van der Waals surface area contributed by atoms with Gasteiger partial charge in [-0.1, -0.05) is 52.2 Å². The van der Waals surface area contributed by atoms with E-state index in [9.17, 15) is 4.79 Å². The van der Waals surface area contributed by atoms with Gasteiger partial charge in [0.1, 0.15) is 5.69 Å². The van der Waals surface area contributed by atoms with Crippen LogP contribution in [0.3, 0.4) is 0 Å². The lowest BCUT2D eigenvalue weighted by Crippen LogP contribution is -2.14. The van der Waals surface area contributed by atoms with Gasteiger partial charge in [0.25, 0.3) is 0 Å². The molecule has 0 saturated heterocycles. The second-order valence-electron chi connectivity index (χ2n) is 3.05. The van der Waals surface area contributed by atoms with E-state index < -0.39 is 3.79 Å². The molecule has 0 amide bonds. The van der Waals surface area contributed by atoms with Crippen molar-refractivity contribution < 1.29 is 4.79 Å². The van der Waals surface area contributed by atoms with Crippen LogP contribution in [0.25, 0.3) is 0 Å². The standard InChI is InChI=1S/C8H8Cl3N3O/c1-5(2)3-14-7(8(9,10)11)6(4-15)12-13-14/h4H,1,3H2,2H3. The number of aldehydes is 1. The Morgan fingerprint density at radius 1 is 1.60 bits per heavy atom. The minimum Gasteiger partial charge on any atom is -0.296 e. The highest BCUT2D eigenvalue weighted by Crippen LogP contribution is 2.39. The molecule has 4 nitrogen and oxygen atoms in total. The Labute approximate surface area is 102 Å². The van der Waals surface area contributed by atoms with Crippen LogP contribution in [0.1, 0.15) is 23.1 Å². The first kappa shape index (κ1) is 12.5. The van der Waals surface area contributed by atoms with Crippen LogP contribution in [0, 0.1) is 0 Å². The Morgan fingerprint density at radius 3 is 2.60 bits per heavy atom. The van der Waals surface area contributed by atoms with Crippen molar-refractivity contribution in [1.29, 1.82) is 0 Å². The number of hydrogen-bond donors (Lipinski definition) is 0. The number of hydrogen-bond acceptors (Lipinski definition) is 3. The third-order valence-corrected chi connectivity index (χ3v) is 2.10. The SMILES string of the molecule is C=C(C)Cn1nnc(C=O)c1C(Cl)(Cl)Cl. The van der Waals surface area contributed by atoms with Crippen LogP contribution < -0.4 is 0 Å². The second kappa shape index (κ2) is 4.51. The molecule has 0 atom stereocenters. The van der Waals surface area contributed by atoms with Crippen molar-refractivity contribution in [3.8, 4) is 0 Å². The summed E-state index contributed by atoms with van der Waals surface area (Å²) in [5, 5.41) is 7.32. The normalized spacial score (nSPS) is 11.5. The summed E-state index contributed by atoms with van der Waals surface area (Å²) in [6, 6.07) is 0. The van der Waals surface area contributed by atoms with Crippen LogP contribution in [-0.4, -0.2) is 21.3 Å². The molecule has 1 heterocycles. The molecule has 7 heteroatoms. The van der Waals surface area contributed by atoms with E-state index in [1.807, 2.05) is 0 Å². The summed E-state index contributed by atoms with van der Waals surface area (Å²) in [5.41, 5.74) is 0.995. The van der Waals surface area contributed by atoms with E-state index in [2.05, 4.69) is 16.9 Å². The van der Waals surface area contributed by atoms with E-state index in [0.29, 0.717) is 12.8 Å². The Balaban J connectivity index is 3.23. The molecule has 0 saturated carbocycles. The number of rotatable bonds is 3. The molecule has 0 radical (unpaired) electrons. The van der Waals surface area contributed by atoms with Crippen LogP contribution >= 0.6 is 34.8 Å². The first-order valence-electron chi connectivity index (χ1n) is 3.96. The Bertz CT molecular complexity index is 394. The maximum atomic E-state index is 10.7. The van der Waals surface area contributed by atoms with Gasteiger partial charge in [-0.25, -0.2) is 4.68 Å². The summed E-state index contributed by atoms with van der Waals surface area (Å²) < 4.78 is -0.381.